The fraction of sp³-hybridized carbons (Fsp3) is 0.0435. The molecule has 6 aromatic rings. The Labute approximate surface area is 154 Å². The van der Waals surface area contributed by atoms with E-state index in [4.69, 9.17) is 8.83 Å². The van der Waals surface area contributed by atoms with Gasteiger partial charge in [-0.15, -0.1) is 0 Å². The van der Waals surface area contributed by atoms with Gasteiger partial charge in [-0.1, -0.05) is 17.7 Å². The predicted octanol–water partition coefficient (Wildman–Crippen LogP) is 6.25. The van der Waals surface area contributed by atoms with Crippen molar-refractivity contribution in [2.45, 2.75) is 6.92 Å². The summed E-state index contributed by atoms with van der Waals surface area (Å²) in [5, 5.41) is 4.21. The van der Waals surface area contributed by atoms with E-state index in [1.807, 2.05) is 30.5 Å². The zero-order valence-corrected chi connectivity index (χ0v) is 14.6. The highest BCUT2D eigenvalue weighted by Gasteiger charge is 2.12. The van der Waals surface area contributed by atoms with Crippen molar-refractivity contribution in [3.63, 3.8) is 0 Å². The standard InChI is InChI=1S/C23H14N2O2/c1-13-4-6-20-17(9-13)19-11-15(12-25-23(19)27-20)14-5-7-21-18(10-14)16-3-2-8-24-22(16)26-21/h2-12H,1H3. The number of hydrogen-bond donors (Lipinski definition) is 0. The molecule has 4 nitrogen and oxygen atoms in total. The average Bonchev–Trinajstić information content (AvgIpc) is 3.25. The lowest BCUT2D eigenvalue weighted by Crippen LogP contribution is -1.81. The molecule has 4 heterocycles. The van der Waals surface area contributed by atoms with Crippen molar-refractivity contribution < 1.29 is 8.83 Å². The Bertz CT molecular complexity index is 1490. The van der Waals surface area contributed by atoms with Crippen LogP contribution in [0, 0.1) is 6.92 Å². The molecule has 0 fully saturated rings. The Morgan fingerprint density at radius 2 is 1.41 bits per heavy atom. The van der Waals surface area contributed by atoms with Crippen LogP contribution in [0.4, 0.5) is 0 Å². The van der Waals surface area contributed by atoms with E-state index in [-0.39, 0.29) is 0 Å². The van der Waals surface area contributed by atoms with Gasteiger partial charge in [-0.05, 0) is 55.0 Å². The van der Waals surface area contributed by atoms with Crippen LogP contribution in [0.3, 0.4) is 0 Å². The van der Waals surface area contributed by atoms with Crippen LogP contribution in [0.25, 0.3) is 55.3 Å². The van der Waals surface area contributed by atoms with E-state index in [1.54, 1.807) is 6.20 Å². The largest absolute Gasteiger partial charge is 0.438 e. The minimum atomic E-state index is 0.662. The highest BCUT2D eigenvalue weighted by atomic mass is 16.3. The van der Waals surface area contributed by atoms with Gasteiger partial charge < -0.3 is 8.83 Å². The number of aromatic nitrogens is 2. The molecule has 0 atom stereocenters. The summed E-state index contributed by atoms with van der Waals surface area (Å²) < 4.78 is 11.7. The van der Waals surface area contributed by atoms with Crippen LogP contribution >= 0.6 is 0 Å². The Kier molecular flexibility index (Phi) is 2.78. The fourth-order valence-electron chi connectivity index (χ4n) is 3.72. The number of aryl methyl sites for hydroxylation is 1. The molecule has 4 heteroatoms. The second-order valence-corrected chi connectivity index (χ2v) is 6.85. The molecule has 0 bridgehead atoms. The third-order valence-electron chi connectivity index (χ3n) is 5.06. The Morgan fingerprint density at radius 3 is 2.30 bits per heavy atom. The van der Waals surface area contributed by atoms with E-state index in [0.29, 0.717) is 11.4 Å². The van der Waals surface area contributed by atoms with Crippen molar-refractivity contribution in [1.82, 2.24) is 9.97 Å². The van der Waals surface area contributed by atoms with E-state index in [1.165, 1.54) is 5.56 Å². The zero-order valence-electron chi connectivity index (χ0n) is 14.6. The molecule has 0 N–H and O–H groups in total. The van der Waals surface area contributed by atoms with Crippen molar-refractivity contribution in [3.05, 3.63) is 72.6 Å². The first-order valence-electron chi connectivity index (χ1n) is 8.83. The first-order chi connectivity index (χ1) is 13.3. The normalized spacial score (nSPS) is 11.9. The summed E-state index contributed by atoms with van der Waals surface area (Å²) in [4.78, 5) is 8.86. The number of rotatable bonds is 1. The molecule has 128 valence electrons. The van der Waals surface area contributed by atoms with Crippen LogP contribution in [0.5, 0.6) is 0 Å². The lowest BCUT2D eigenvalue weighted by Gasteiger charge is -2.02. The number of hydrogen-bond acceptors (Lipinski definition) is 4. The number of nitrogens with zero attached hydrogens (tertiary/aromatic N) is 2. The highest BCUT2D eigenvalue weighted by molar-refractivity contribution is 6.07. The molecule has 0 unspecified atom stereocenters. The molecule has 0 aliphatic heterocycles. The van der Waals surface area contributed by atoms with Gasteiger partial charge in [0.1, 0.15) is 11.2 Å². The van der Waals surface area contributed by atoms with E-state index in [0.717, 1.165) is 43.8 Å². The minimum absolute atomic E-state index is 0.662. The van der Waals surface area contributed by atoms with Gasteiger partial charge in [0.15, 0.2) is 0 Å². The maximum Gasteiger partial charge on any atom is 0.227 e. The summed E-state index contributed by atoms with van der Waals surface area (Å²) >= 11 is 0. The van der Waals surface area contributed by atoms with Crippen LogP contribution in [0.1, 0.15) is 5.56 Å². The van der Waals surface area contributed by atoms with E-state index in [9.17, 15) is 0 Å². The van der Waals surface area contributed by atoms with Crippen molar-refractivity contribution in [3.8, 4) is 11.1 Å². The molecule has 0 radical (unpaired) electrons. The molecule has 0 amide bonds. The molecule has 27 heavy (non-hydrogen) atoms. The van der Waals surface area contributed by atoms with Gasteiger partial charge >= 0.3 is 0 Å². The fourth-order valence-corrected chi connectivity index (χ4v) is 3.72. The first kappa shape index (κ1) is 14.5. The van der Waals surface area contributed by atoms with E-state index in [2.05, 4.69) is 47.2 Å². The number of benzene rings is 2. The maximum absolute atomic E-state index is 5.88. The predicted molar refractivity (Wildman–Crippen MR) is 107 cm³/mol. The summed E-state index contributed by atoms with van der Waals surface area (Å²) in [6.45, 7) is 2.08. The molecular formula is C23H14N2O2. The van der Waals surface area contributed by atoms with Crippen LogP contribution in [0.15, 0.2) is 75.8 Å². The lowest BCUT2D eigenvalue weighted by molar-refractivity contribution is 0.653. The van der Waals surface area contributed by atoms with Gasteiger partial charge in [-0.3, -0.25) is 0 Å². The van der Waals surface area contributed by atoms with Crippen LogP contribution < -0.4 is 0 Å². The van der Waals surface area contributed by atoms with E-state index >= 15 is 0 Å². The van der Waals surface area contributed by atoms with Gasteiger partial charge in [0.25, 0.3) is 0 Å². The SMILES string of the molecule is Cc1ccc2oc3ncc(-c4ccc5oc6ncccc6c5c4)cc3c2c1. The van der Waals surface area contributed by atoms with Gasteiger partial charge in [-0.25, -0.2) is 9.97 Å². The van der Waals surface area contributed by atoms with Crippen molar-refractivity contribution in [1.29, 1.82) is 0 Å². The highest BCUT2D eigenvalue weighted by Crippen LogP contribution is 2.34. The summed E-state index contributed by atoms with van der Waals surface area (Å²) in [6, 6.07) is 18.5. The summed E-state index contributed by atoms with van der Waals surface area (Å²) in [7, 11) is 0. The molecule has 0 aliphatic carbocycles. The quantitative estimate of drug-likeness (QED) is 0.352. The smallest absolute Gasteiger partial charge is 0.227 e. The molecule has 6 rings (SSSR count). The summed E-state index contributed by atoms with van der Waals surface area (Å²) in [5.74, 6) is 0. The Hall–Kier alpha value is -3.66. The number of pyridine rings is 2. The zero-order chi connectivity index (χ0) is 18.0. The van der Waals surface area contributed by atoms with Gasteiger partial charge in [0.2, 0.25) is 11.4 Å². The maximum atomic E-state index is 5.88. The molecule has 0 spiro atoms. The molecular weight excluding hydrogens is 336 g/mol. The van der Waals surface area contributed by atoms with Crippen LogP contribution in [-0.2, 0) is 0 Å². The van der Waals surface area contributed by atoms with Crippen molar-refractivity contribution in [2.75, 3.05) is 0 Å². The number of furan rings is 2. The molecule has 0 saturated heterocycles. The number of fused-ring (bicyclic) bond motifs is 6. The molecule has 2 aromatic carbocycles. The van der Waals surface area contributed by atoms with E-state index < -0.39 is 0 Å². The topological polar surface area (TPSA) is 52.1 Å². The van der Waals surface area contributed by atoms with Gasteiger partial charge in [0, 0.05) is 39.5 Å². The van der Waals surface area contributed by atoms with Crippen LogP contribution in [0.2, 0.25) is 0 Å². The van der Waals surface area contributed by atoms with Crippen molar-refractivity contribution in [2.24, 2.45) is 0 Å². The third kappa shape index (κ3) is 2.10. The molecule has 0 saturated carbocycles. The molecule has 0 aliphatic rings. The van der Waals surface area contributed by atoms with Gasteiger partial charge in [0.05, 0.1) is 0 Å². The second kappa shape index (κ2) is 5.17. The monoisotopic (exact) mass is 350 g/mol. The summed E-state index contributed by atoms with van der Waals surface area (Å²) in [5.41, 5.74) is 6.37. The Morgan fingerprint density at radius 1 is 0.667 bits per heavy atom. The molecule has 4 aromatic heterocycles. The lowest BCUT2D eigenvalue weighted by atomic mass is 10.0. The van der Waals surface area contributed by atoms with Gasteiger partial charge in [-0.2, -0.15) is 0 Å². The third-order valence-corrected chi connectivity index (χ3v) is 5.06. The first-order valence-corrected chi connectivity index (χ1v) is 8.83. The van der Waals surface area contributed by atoms with Crippen LogP contribution in [-0.4, -0.2) is 9.97 Å². The Balaban J connectivity index is 1.61. The minimum Gasteiger partial charge on any atom is -0.438 e. The average molecular weight is 350 g/mol. The van der Waals surface area contributed by atoms with Crippen molar-refractivity contribution >= 4 is 44.1 Å². The second-order valence-electron chi connectivity index (χ2n) is 6.85. The summed E-state index contributed by atoms with van der Waals surface area (Å²) in [6.07, 6.45) is 3.61.